The fraction of sp³-hybridized carbons (Fsp3) is 0.500. The van der Waals surface area contributed by atoms with E-state index >= 15 is 0 Å². The van der Waals surface area contributed by atoms with Crippen LogP contribution in [0, 0.1) is 0 Å². The predicted molar refractivity (Wildman–Crippen MR) is 71.7 cm³/mol. The second-order valence-corrected chi connectivity index (χ2v) is 5.97. The zero-order chi connectivity index (χ0) is 13.4. The molecule has 0 unspecified atom stereocenters. The van der Waals surface area contributed by atoms with Crippen LogP contribution in [0.25, 0.3) is 0 Å². The molecule has 3 nitrogen and oxygen atoms in total. The van der Waals surface area contributed by atoms with E-state index in [2.05, 4.69) is 5.32 Å². The van der Waals surface area contributed by atoms with Crippen LogP contribution in [-0.4, -0.2) is 23.2 Å². The van der Waals surface area contributed by atoms with Gasteiger partial charge in [-0.3, -0.25) is 4.79 Å². The van der Waals surface area contributed by atoms with Crippen molar-refractivity contribution in [2.24, 2.45) is 0 Å². The van der Waals surface area contributed by atoms with E-state index in [1.807, 2.05) is 18.2 Å². The molecule has 0 radical (unpaired) electrons. The highest BCUT2D eigenvalue weighted by molar-refractivity contribution is 6.31. The molecule has 1 aliphatic carbocycles. The van der Waals surface area contributed by atoms with Crippen LogP contribution >= 0.6 is 11.6 Å². The average molecular weight is 268 g/mol. The standard InChI is InChI=1S/C14H18ClNO2/c1-13(2,9-17)16-12(18)14(7-8-14)10-5-3-4-6-11(10)15/h3-6,17H,7-9H2,1-2H3,(H,16,18). The van der Waals surface area contributed by atoms with E-state index in [0.29, 0.717) is 5.02 Å². The fourth-order valence-electron chi connectivity index (χ4n) is 2.06. The molecule has 0 bridgehead atoms. The van der Waals surface area contributed by atoms with E-state index < -0.39 is 11.0 Å². The number of carbonyl (C=O) groups excluding carboxylic acids is 1. The second kappa shape index (κ2) is 4.56. The summed E-state index contributed by atoms with van der Waals surface area (Å²) >= 11 is 6.17. The third-order valence-corrected chi connectivity index (χ3v) is 3.75. The highest BCUT2D eigenvalue weighted by atomic mass is 35.5. The Labute approximate surface area is 112 Å². The minimum absolute atomic E-state index is 0.0466. The Hall–Kier alpha value is -1.06. The van der Waals surface area contributed by atoms with Crippen molar-refractivity contribution in [2.75, 3.05) is 6.61 Å². The molecule has 0 aromatic heterocycles. The molecule has 1 fully saturated rings. The molecule has 1 aromatic carbocycles. The van der Waals surface area contributed by atoms with Gasteiger partial charge in [0.05, 0.1) is 17.6 Å². The van der Waals surface area contributed by atoms with Gasteiger partial charge in [-0.25, -0.2) is 0 Å². The average Bonchev–Trinajstić information content (AvgIpc) is 3.10. The third kappa shape index (κ3) is 2.38. The molecule has 18 heavy (non-hydrogen) atoms. The molecular weight excluding hydrogens is 250 g/mol. The van der Waals surface area contributed by atoms with E-state index in [9.17, 15) is 9.90 Å². The Balaban J connectivity index is 2.23. The van der Waals surface area contributed by atoms with Crippen LogP contribution in [0.3, 0.4) is 0 Å². The highest BCUT2D eigenvalue weighted by Gasteiger charge is 2.53. The van der Waals surface area contributed by atoms with Gasteiger partial charge in [0, 0.05) is 5.02 Å². The van der Waals surface area contributed by atoms with E-state index in [-0.39, 0.29) is 12.5 Å². The Bertz CT molecular complexity index is 467. The molecule has 98 valence electrons. The maximum atomic E-state index is 12.4. The van der Waals surface area contributed by atoms with Gasteiger partial charge in [0.2, 0.25) is 5.91 Å². The molecule has 4 heteroatoms. The summed E-state index contributed by atoms with van der Waals surface area (Å²) in [6, 6.07) is 7.46. The molecule has 2 N–H and O–H groups in total. The van der Waals surface area contributed by atoms with Crippen molar-refractivity contribution in [3.05, 3.63) is 34.9 Å². The molecule has 2 rings (SSSR count). The van der Waals surface area contributed by atoms with Crippen molar-refractivity contribution < 1.29 is 9.90 Å². The number of hydrogen-bond acceptors (Lipinski definition) is 2. The summed E-state index contributed by atoms with van der Waals surface area (Å²) in [5, 5.41) is 12.7. The first-order valence-electron chi connectivity index (χ1n) is 6.10. The Morgan fingerprint density at radius 1 is 1.44 bits per heavy atom. The van der Waals surface area contributed by atoms with Gasteiger partial charge in [0.1, 0.15) is 0 Å². The Kier molecular flexibility index (Phi) is 3.39. The summed E-state index contributed by atoms with van der Waals surface area (Å²) in [5.74, 6) is -0.0466. The van der Waals surface area contributed by atoms with Crippen LogP contribution in [0.5, 0.6) is 0 Å². The van der Waals surface area contributed by atoms with Crippen LogP contribution in [0.1, 0.15) is 32.3 Å². The van der Waals surface area contributed by atoms with Crippen LogP contribution in [0.15, 0.2) is 24.3 Å². The first-order chi connectivity index (χ1) is 8.41. The first kappa shape index (κ1) is 13.4. The predicted octanol–water partition coefficient (Wildman–Crippen LogP) is 2.26. The SMILES string of the molecule is CC(C)(CO)NC(=O)C1(c2ccccc2Cl)CC1. The molecule has 0 saturated heterocycles. The zero-order valence-electron chi connectivity index (χ0n) is 10.7. The first-order valence-corrected chi connectivity index (χ1v) is 6.48. The highest BCUT2D eigenvalue weighted by Crippen LogP contribution is 2.50. The van der Waals surface area contributed by atoms with Gasteiger partial charge in [-0.1, -0.05) is 29.8 Å². The van der Waals surface area contributed by atoms with E-state index in [0.717, 1.165) is 18.4 Å². The number of aliphatic hydroxyl groups is 1. The molecule has 1 amide bonds. The summed E-state index contributed by atoms with van der Waals surface area (Å²) in [6.45, 7) is 3.51. The quantitative estimate of drug-likeness (QED) is 0.879. The van der Waals surface area contributed by atoms with Crippen LogP contribution in [0.4, 0.5) is 0 Å². The van der Waals surface area contributed by atoms with Gasteiger partial charge in [0.25, 0.3) is 0 Å². The van der Waals surface area contributed by atoms with Gasteiger partial charge in [-0.05, 0) is 38.3 Å². The van der Waals surface area contributed by atoms with Gasteiger partial charge in [0.15, 0.2) is 0 Å². The van der Waals surface area contributed by atoms with Gasteiger partial charge >= 0.3 is 0 Å². The number of nitrogens with one attached hydrogen (secondary N) is 1. The fourth-order valence-corrected chi connectivity index (χ4v) is 2.38. The smallest absolute Gasteiger partial charge is 0.231 e. The van der Waals surface area contributed by atoms with E-state index in [1.165, 1.54) is 0 Å². The number of hydrogen-bond donors (Lipinski definition) is 2. The molecule has 1 saturated carbocycles. The Morgan fingerprint density at radius 2 is 2.06 bits per heavy atom. The lowest BCUT2D eigenvalue weighted by Gasteiger charge is -2.27. The summed E-state index contributed by atoms with van der Waals surface area (Å²) in [7, 11) is 0. The summed E-state index contributed by atoms with van der Waals surface area (Å²) in [4.78, 5) is 12.4. The molecule has 0 atom stereocenters. The number of carbonyl (C=O) groups is 1. The molecule has 1 aliphatic rings. The number of halogens is 1. The second-order valence-electron chi connectivity index (χ2n) is 5.56. The minimum Gasteiger partial charge on any atom is -0.394 e. The maximum Gasteiger partial charge on any atom is 0.231 e. The number of benzene rings is 1. The van der Waals surface area contributed by atoms with Crippen LogP contribution < -0.4 is 5.32 Å². The van der Waals surface area contributed by atoms with Crippen molar-refractivity contribution in [1.82, 2.24) is 5.32 Å². The van der Waals surface area contributed by atoms with Crippen molar-refractivity contribution in [3.63, 3.8) is 0 Å². The monoisotopic (exact) mass is 267 g/mol. The zero-order valence-corrected chi connectivity index (χ0v) is 11.4. The van der Waals surface area contributed by atoms with Gasteiger partial charge in [-0.2, -0.15) is 0 Å². The van der Waals surface area contributed by atoms with Crippen LogP contribution in [-0.2, 0) is 10.2 Å². The number of rotatable bonds is 4. The van der Waals surface area contributed by atoms with E-state index in [1.54, 1.807) is 19.9 Å². The molecule has 1 aromatic rings. The van der Waals surface area contributed by atoms with Crippen molar-refractivity contribution in [2.45, 2.75) is 37.6 Å². The van der Waals surface area contributed by atoms with Crippen molar-refractivity contribution >= 4 is 17.5 Å². The van der Waals surface area contributed by atoms with Gasteiger partial charge in [-0.15, -0.1) is 0 Å². The normalized spacial score (nSPS) is 17.3. The van der Waals surface area contributed by atoms with E-state index in [4.69, 9.17) is 11.6 Å². The van der Waals surface area contributed by atoms with Gasteiger partial charge < -0.3 is 10.4 Å². The maximum absolute atomic E-state index is 12.4. The van der Waals surface area contributed by atoms with Crippen molar-refractivity contribution in [3.8, 4) is 0 Å². The summed E-state index contributed by atoms with van der Waals surface area (Å²) in [5.41, 5.74) is -0.212. The lowest BCUT2D eigenvalue weighted by atomic mass is 9.93. The van der Waals surface area contributed by atoms with Crippen molar-refractivity contribution in [1.29, 1.82) is 0 Å². The largest absolute Gasteiger partial charge is 0.394 e. The van der Waals surface area contributed by atoms with Crippen LogP contribution in [0.2, 0.25) is 5.02 Å². The minimum atomic E-state index is -0.603. The summed E-state index contributed by atoms with van der Waals surface area (Å²) in [6.07, 6.45) is 1.62. The molecule has 0 spiro atoms. The Morgan fingerprint density at radius 3 is 2.56 bits per heavy atom. The molecule has 0 aliphatic heterocycles. The number of amides is 1. The lowest BCUT2D eigenvalue weighted by Crippen LogP contribution is -2.50. The summed E-state index contributed by atoms with van der Waals surface area (Å²) < 4.78 is 0. The molecule has 0 heterocycles. The molecular formula is C14H18ClNO2. The number of aliphatic hydroxyl groups excluding tert-OH is 1. The third-order valence-electron chi connectivity index (χ3n) is 3.42. The lowest BCUT2D eigenvalue weighted by molar-refractivity contribution is -0.125. The topological polar surface area (TPSA) is 49.3 Å².